The Bertz CT molecular complexity index is 579. The molecule has 2 N–H and O–H groups in total. The van der Waals surface area contributed by atoms with E-state index in [9.17, 15) is 0 Å². The van der Waals surface area contributed by atoms with Crippen molar-refractivity contribution in [1.29, 1.82) is 0 Å². The van der Waals surface area contributed by atoms with E-state index < -0.39 is 0 Å². The summed E-state index contributed by atoms with van der Waals surface area (Å²) < 4.78 is 5.40. The predicted molar refractivity (Wildman–Crippen MR) is 81.4 cm³/mol. The lowest BCUT2D eigenvalue weighted by atomic mass is 10.1. The van der Waals surface area contributed by atoms with Crippen LogP contribution in [0.25, 0.3) is 11.5 Å². The summed E-state index contributed by atoms with van der Waals surface area (Å²) in [5, 5.41) is 4.47. The number of nitrogen functional groups attached to an aromatic ring is 1. The van der Waals surface area contributed by atoms with Gasteiger partial charge in [-0.15, -0.1) is 11.8 Å². The molecule has 1 aromatic carbocycles. The Balaban J connectivity index is 1.89. The summed E-state index contributed by atoms with van der Waals surface area (Å²) in [4.78, 5) is 4.54. The Kier molecular flexibility index (Phi) is 3.70. The first-order valence-electron chi connectivity index (χ1n) is 6.13. The molecule has 1 aliphatic heterocycles. The van der Waals surface area contributed by atoms with E-state index in [2.05, 4.69) is 10.1 Å². The van der Waals surface area contributed by atoms with Crippen molar-refractivity contribution >= 4 is 29.2 Å². The second-order valence-corrected chi connectivity index (χ2v) is 6.93. The monoisotopic (exact) mass is 293 g/mol. The highest BCUT2D eigenvalue weighted by molar-refractivity contribution is 8.06. The molecule has 3 rings (SSSR count). The molecule has 1 unspecified atom stereocenters. The molecule has 0 bridgehead atoms. The third kappa shape index (κ3) is 2.74. The van der Waals surface area contributed by atoms with Gasteiger partial charge in [0.05, 0.1) is 5.25 Å². The van der Waals surface area contributed by atoms with Crippen LogP contribution in [0.4, 0.5) is 5.69 Å². The summed E-state index contributed by atoms with van der Waals surface area (Å²) in [6, 6.07) is 5.74. The molecule has 0 radical (unpaired) electrons. The molecule has 0 spiro atoms. The second-order valence-electron chi connectivity index (χ2n) is 4.47. The number of rotatable bonds is 2. The zero-order valence-corrected chi connectivity index (χ0v) is 12.3. The third-order valence-corrected chi connectivity index (χ3v) is 5.79. The van der Waals surface area contributed by atoms with Gasteiger partial charge in [0, 0.05) is 28.5 Å². The van der Waals surface area contributed by atoms with Gasteiger partial charge in [0.25, 0.3) is 5.89 Å². The van der Waals surface area contributed by atoms with Crippen LogP contribution in [-0.4, -0.2) is 27.4 Å². The van der Waals surface area contributed by atoms with E-state index in [1.165, 1.54) is 5.75 Å². The van der Waals surface area contributed by atoms with Gasteiger partial charge in [-0.1, -0.05) is 11.2 Å². The Labute approximate surface area is 120 Å². The third-order valence-electron chi connectivity index (χ3n) is 3.04. The average molecular weight is 293 g/mol. The first-order chi connectivity index (χ1) is 9.24. The van der Waals surface area contributed by atoms with Gasteiger partial charge in [-0.05, 0) is 24.6 Å². The summed E-state index contributed by atoms with van der Waals surface area (Å²) in [5.74, 6) is 4.78. The van der Waals surface area contributed by atoms with Crippen molar-refractivity contribution in [1.82, 2.24) is 10.1 Å². The van der Waals surface area contributed by atoms with Crippen LogP contribution in [0.2, 0.25) is 0 Å². The molecule has 0 amide bonds. The number of hydrogen-bond acceptors (Lipinski definition) is 6. The van der Waals surface area contributed by atoms with Crippen molar-refractivity contribution in [3.05, 3.63) is 29.6 Å². The predicted octanol–water partition coefficient (Wildman–Crippen LogP) is 3.15. The fourth-order valence-electron chi connectivity index (χ4n) is 1.98. The van der Waals surface area contributed by atoms with Gasteiger partial charge in [0.1, 0.15) is 0 Å². The number of hydrogen-bond donors (Lipinski definition) is 1. The van der Waals surface area contributed by atoms with Crippen molar-refractivity contribution in [3.63, 3.8) is 0 Å². The Morgan fingerprint density at radius 2 is 2.26 bits per heavy atom. The van der Waals surface area contributed by atoms with E-state index in [0.29, 0.717) is 16.8 Å². The topological polar surface area (TPSA) is 64.9 Å². The summed E-state index contributed by atoms with van der Waals surface area (Å²) in [6.45, 7) is 2.02. The fraction of sp³-hybridized carbons (Fsp3) is 0.385. The van der Waals surface area contributed by atoms with Crippen LogP contribution in [0.3, 0.4) is 0 Å². The minimum Gasteiger partial charge on any atom is -0.399 e. The molecule has 1 saturated heterocycles. The fourth-order valence-corrected chi connectivity index (χ4v) is 4.57. The van der Waals surface area contributed by atoms with E-state index in [1.54, 1.807) is 0 Å². The van der Waals surface area contributed by atoms with Gasteiger partial charge < -0.3 is 10.3 Å². The number of nitrogens with zero attached hydrogens (tertiary/aromatic N) is 2. The molecular weight excluding hydrogens is 278 g/mol. The lowest BCUT2D eigenvalue weighted by Gasteiger charge is -2.16. The molecule has 1 aromatic heterocycles. The maximum atomic E-state index is 5.82. The lowest BCUT2D eigenvalue weighted by Crippen LogP contribution is -2.07. The molecule has 100 valence electrons. The van der Waals surface area contributed by atoms with Gasteiger partial charge in [-0.2, -0.15) is 16.7 Å². The molecule has 1 fully saturated rings. The van der Waals surface area contributed by atoms with Crippen LogP contribution in [-0.2, 0) is 0 Å². The summed E-state index contributed by atoms with van der Waals surface area (Å²) in [5.41, 5.74) is 8.54. The number of benzene rings is 1. The van der Waals surface area contributed by atoms with Crippen molar-refractivity contribution < 1.29 is 4.52 Å². The molecular formula is C13H15N3OS2. The van der Waals surface area contributed by atoms with Crippen LogP contribution in [0.5, 0.6) is 0 Å². The maximum absolute atomic E-state index is 5.82. The van der Waals surface area contributed by atoms with Crippen molar-refractivity contribution in [2.24, 2.45) is 0 Å². The van der Waals surface area contributed by atoms with Gasteiger partial charge in [-0.25, -0.2) is 0 Å². The van der Waals surface area contributed by atoms with Gasteiger partial charge in [0.15, 0.2) is 5.82 Å². The zero-order valence-electron chi connectivity index (χ0n) is 10.6. The first kappa shape index (κ1) is 12.9. The maximum Gasteiger partial charge on any atom is 0.258 e. The van der Waals surface area contributed by atoms with E-state index in [-0.39, 0.29) is 0 Å². The smallest absolute Gasteiger partial charge is 0.258 e. The number of aromatic nitrogens is 2. The van der Waals surface area contributed by atoms with Crippen LogP contribution >= 0.6 is 23.5 Å². The highest BCUT2D eigenvalue weighted by Gasteiger charge is 2.22. The molecule has 4 nitrogen and oxygen atoms in total. The molecule has 1 aliphatic rings. The standard InChI is InChI=1S/C13H15N3OS2/c1-8-2-3-9(14)6-10(8)13-15-12(16-17-13)11-7-18-4-5-19-11/h2-3,6,11H,4-5,7,14H2,1H3. The quantitative estimate of drug-likeness (QED) is 0.858. The Morgan fingerprint density at radius 1 is 1.37 bits per heavy atom. The van der Waals surface area contributed by atoms with Crippen molar-refractivity contribution in [3.8, 4) is 11.5 Å². The van der Waals surface area contributed by atoms with E-state index >= 15 is 0 Å². The second kappa shape index (κ2) is 5.46. The normalized spacial score (nSPS) is 19.5. The lowest BCUT2D eigenvalue weighted by molar-refractivity contribution is 0.423. The molecule has 1 atom stereocenters. The number of anilines is 1. The van der Waals surface area contributed by atoms with Crippen LogP contribution in [0.15, 0.2) is 22.7 Å². The number of nitrogens with two attached hydrogens (primary N) is 1. The highest BCUT2D eigenvalue weighted by Crippen LogP contribution is 2.36. The zero-order chi connectivity index (χ0) is 13.2. The summed E-state index contributed by atoms with van der Waals surface area (Å²) >= 11 is 3.85. The molecule has 19 heavy (non-hydrogen) atoms. The van der Waals surface area contributed by atoms with Gasteiger partial charge >= 0.3 is 0 Å². The van der Waals surface area contributed by atoms with E-state index in [1.807, 2.05) is 48.6 Å². The van der Waals surface area contributed by atoms with Gasteiger partial charge in [-0.3, -0.25) is 0 Å². The first-order valence-corrected chi connectivity index (χ1v) is 8.34. The van der Waals surface area contributed by atoms with Gasteiger partial charge in [0.2, 0.25) is 0 Å². The SMILES string of the molecule is Cc1ccc(N)cc1-c1nc(C2CSCCS2)no1. The Hall–Kier alpha value is -1.14. The minimum absolute atomic E-state index is 0.345. The van der Waals surface area contributed by atoms with Crippen LogP contribution in [0, 0.1) is 6.92 Å². The molecule has 0 aliphatic carbocycles. The van der Waals surface area contributed by atoms with Crippen molar-refractivity contribution in [2.75, 3.05) is 23.0 Å². The Morgan fingerprint density at radius 3 is 3.05 bits per heavy atom. The number of aryl methyl sites for hydroxylation is 1. The summed E-state index contributed by atoms with van der Waals surface area (Å²) in [7, 11) is 0. The van der Waals surface area contributed by atoms with Crippen LogP contribution < -0.4 is 5.73 Å². The molecule has 2 aromatic rings. The van der Waals surface area contributed by atoms with E-state index in [4.69, 9.17) is 10.3 Å². The van der Waals surface area contributed by atoms with Crippen LogP contribution in [0.1, 0.15) is 16.6 Å². The molecule has 6 heteroatoms. The van der Waals surface area contributed by atoms with Crippen molar-refractivity contribution in [2.45, 2.75) is 12.2 Å². The number of thioether (sulfide) groups is 2. The minimum atomic E-state index is 0.345. The average Bonchev–Trinajstić information content (AvgIpc) is 2.92. The largest absolute Gasteiger partial charge is 0.399 e. The summed E-state index contributed by atoms with van der Waals surface area (Å²) in [6.07, 6.45) is 0. The van der Waals surface area contributed by atoms with E-state index in [0.717, 1.165) is 28.5 Å². The molecule has 2 heterocycles. The highest BCUT2D eigenvalue weighted by atomic mass is 32.2. The molecule has 0 saturated carbocycles.